The van der Waals surface area contributed by atoms with Gasteiger partial charge in [0.2, 0.25) is 0 Å². The Hall–Kier alpha value is -1.23. The molecule has 10 heavy (non-hydrogen) atoms. The van der Waals surface area contributed by atoms with E-state index < -0.39 is 0 Å². The lowest BCUT2D eigenvalue weighted by Crippen LogP contribution is -1.63. The van der Waals surface area contributed by atoms with Crippen LogP contribution in [0.4, 0.5) is 0 Å². The molecule has 0 bridgehead atoms. The number of hydrogen-bond donors (Lipinski definition) is 2. The van der Waals surface area contributed by atoms with Crippen molar-refractivity contribution in [3.63, 3.8) is 0 Å². The van der Waals surface area contributed by atoms with Gasteiger partial charge in [-0.3, -0.25) is 5.10 Å². The SMILES string of the molecule is c1cnsc2o[nH][nH]c=2c1. The quantitative estimate of drug-likeness (QED) is 0.601. The van der Waals surface area contributed by atoms with E-state index in [0.29, 0.717) is 0 Å². The Morgan fingerprint density at radius 3 is 3.60 bits per heavy atom. The van der Waals surface area contributed by atoms with Gasteiger partial charge in [0.05, 0.1) is 0 Å². The fourth-order valence-corrected chi connectivity index (χ4v) is 1.19. The lowest BCUT2D eigenvalue weighted by Gasteiger charge is -1.64. The van der Waals surface area contributed by atoms with Crippen molar-refractivity contribution in [1.29, 1.82) is 0 Å². The summed E-state index contributed by atoms with van der Waals surface area (Å²) in [5, 5.41) is 6.26. The van der Waals surface area contributed by atoms with Crippen LogP contribution in [0.5, 0.6) is 0 Å². The average molecular weight is 155 g/mol. The summed E-state index contributed by atoms with van der Waals surface area (Å²) in [5.74, 6) is 0. The molecule has 0 aromatic rings. The van der Waals surface area contributed by atoms with Crippen LogP contribution in [0.15, 0.2) is 22.9 Å². The van der Waals surface area contributed by atoms with Gasteiger partial charge in [0, 0.05) is 17.7 Å². The molecule has 2 aliphatic heterocycles. The molecule has 0 radical (unpaired) electrons. The van der Waals surface area contributed by atoms with Gasteiger partial charge in [0.25, 0.3) is 4.73 Å². The van der Waals surface area contributed by atoms with E-state index in [4.69, 9.17) is 4.52 Å². The van der Waals surface area contributed by atoms with E-state index >= 15 is 0 Å². The molecule has 0 spiro atoms. The molecule has 0 atom stereocenters. The molecular formula is C5H5N3OS. The van der Waals surface area contributed by atoms with E-state index in [1.807, 2.05) is 12.1 Å². The first-order valence-corrected chi connectivity index (χ1v) is 3.53. The number of aromatic nitrogens is 3. The summed E-state index contributed by atoms with van der Waals surface area (Å²) in [6.07, 6.45) is 1.72. The smallest absolute Gasteiger partial charge is 0.253 e. The molecule has 2 heterocycles. The van der Waals surface area contributed by atoms with Gasteiger partial charge in [-0.25, -0.2) is 0 Å². The molecule has 5 heteroatoms. The molecule has 52 valence electrons. The van der Waals surface area contributed by atoms with Crippen molar-refractivity contribution < 1.29 is 4.52 Å². The number of hydrogen-bond acceptors (Lipinski definition) is 3. The van der Waals surface area contributed by atoms with Crippen molar-refractivity contribution in [3.05, 3.63) is 28.4 Å². The van der Waals surface area contributed by atoms with Crippen LogP contribution in [0.25, 0.3) is 0 Å². The van der Waals surface area contributed by atoms with E-state index in [1.165, 1.54) is 11.5 Å². The van der Waals surface area contributed by atoms with E-state index in [2.05, 4.69) is 14.7 Å². The van der Waals surface area contributed by atoms with Crippen LogP contribution in [0.2, 0.25) is 0 Å². The zero-order valence-corrected chi connectivity index (χ0v) is 5.81. The van der Waals surface area contributed by atoms with Crippen LogP contribution in [0.3, 0.4) is 0 Å². The molecule has 0 unspecified atom stereocenters. The van der Waals surface area contributed by atoms with Crippen molar-refractivity contribution in [2.75, 3.05) is 0 Å². The van der Waals surface area contributed by atoms with Crippen molar-refractivity contribution >= 4 is 11.5 Å². The molecule has 2 rings (SSSR count). The maximum Gasteiger partial charge on any atom is 0.253 e. The molecule has 0 aliphatic carbocycles. The molecule has 2 N–H and O–H groups in total. The molecule has 0 aromatic carbocycles. The highest BCUT2D eigenvalue weighted by atomic mass is 32.1. The first-order chi connectivity index (χ1) is 4.97. The predicted octanol–water partition coefficient (Wildman–Crippen LogP) is 1.24. The Morgan fingerprint density at radius 1 is 1.60 bits per heavy atom. The molecule has 2 aliphatic rings. The molecule has 0 amide bonds. The van der Waals surface area contributed by atoms with Crippen LogP contribution in [-0.4, -0.2) is 14.7 Å². The molecule has 0 saturated carbocycles. The highest BCUT2D eigenvalue weighted by Crippen LogP contribution is 1.95. The summed E-state index contributed by atoms with van der Waals surface area (Å²) in [6.45, 7) is 0. The number of nitrogens with zero attached hydrogens (tertiary/aromatic N) is 1. The molecule has 0 fully saturated rings. The summed E-state index contributed by atoms with van der Waals surface area (Å²) in [7, 11) is 0. The van der Waals surface area contributed by atoms with Gasteiger partial charge in [0.1, 0.15) is 5.35 Å². The zero-order chi connectivity index (χ0) is 6.81. The van der Waals surface area contributed by atoms with Crippen LogP contribution < -0.4 is 0 Å². The van der Waals surface area contributed by atoms with E-state index in [-0.39, 0.29) is 0 Å². The third-order valence-electron chi connectivity index (χ3n) is 1.09. The summed E-state index contributed by atoms with van der Waals surface area (Å²) in [5.41, 5.74) is 0. The monoisotopic (exact) mass is 155 g/mol. The number of aromatic amines is 2. The lowest BCUT2D eigenvalue weighted by atomic mass is 10.5. The van der Waals surface area contributed by atoms with Gasteiger partial charge in [0.15, 0.2) is 0 Å². The number of H-pyrrole nitrogens is 2. The second-order valence-electron chi connectivity index (χ2n) is 1.74. The Bertz CT molecular complexity index is 359. The van der Waals surface area contributed by atoms with E-state index in [9.17, 15) is 0 Å². The van der Waals surface area contributed by atoms with Gasteiger partial charge in [-0.1, -0.05) is 0 Å². The normalized spacial score (nSPS) is 10.0. The highest BCUT2D eigenvalue weighted by Gasteiger charge is 1.85. The standard InChI is InChI=1S/C5H5N3OS/c1-2-4-5(9-8-7-4)10-6-3-1/h1-3,7-8H. The van der Waals surface area contributed by atoms with E-state index in [1.54, 1.807) is 6.20 Å². The van der Waals surface area contributed by atoms with Crippen molar-refractivity contribution in [3.8, 4) is 0 Å². The Labute approximate surface area is 60.0 Å². The third kappa shape index (κ3) is 0.801. The predicted molar refractivity (Wildman–Crippen MR) is 36.0 cm³/mol. The first-order valence-electron chi connectivity index (χ1n) is 2.76. The fourth-order valence-electron chi connectivity index (χ4n) is 0.663. The van der Waals surface area contributed by atoms with Gasteiger partial charge < -0.3 is 4.52 Å². The second kappa shape index (κ2) is 2.18. The first kappa shape index (κ1) is 5.55. The Balaban J connectivity index is 3.04. The molecule has 0 aromatic heterocycles. The van der Waals surface area contributed by atoms with Crippen LogP contribution >= 0.6 is 11.5 Å². The van der Waals surface area contributed by atoms with Crippen molar-refractivity contribution in [1.82, 2.24) is 14.7 Å². The van der Waals surface area contributed by atoms with Crippen LogP contribution in [0, 0.1) is 10.1 Å². The second-order valence-corrected chi connectivity index (χ2v) is 2.50. The third-order valence-corrected chi connectivity index (χ3v) is 1.79. The Morgan fingerprint density at radius 2 is 2.60 bits per heavy atom. The van der Waals surface area contributed by atoms with Crippen molar-refractivity contribution in [2.45, 2.75) is 0 Å². The van der Waals surface area contributed by atoms with Gasteiger partial charge >= 0.3 is 0 Å². The lowest BCUT2D eigenvalue weighted by molar-refractivity contribution is 0.380. The highest BCUT2D eigenvalue weighted by molar-refractivity contribution is 7.02. The topological polar surface area (TPSA) is 57.6 Å². The summed E-state index contributed by atoms with van der Waals surface area (Å²) in [6, 6.07) is 3.73. The zero-order valence-electron chi connectivity index (χ0n) is 5.00. The fraction of sp³-hybridized carbons (Fsp3) is 0. The summed E-state index contributed by atoms with van der Waals surface area (Å²) in [4.78, 5) is 0. The average Bonchev–Trinajstić information content (AvgIpc) is 2.28. The number of nitrogens with one attached hydrogen (secondary N) is 2. The largest absolute Gasteiger partial charge is 0.352 e. The molecular weight excluding hydrogens is 150 g/mol. The summed E-state index contributed by atoms with van der Waals surface area (Å²) >= 11 is 1.29. The van der Waals surface area contributed by atoms with E-state index in [0.717, 1.165) is 10.1 Å². The minimum Gasteiger partial charge on any atom is -0.352 e. The van der Waals surface area contributed by atoms with Crippen molar-refractivity contribution in [2.24, 2.45) is 0 Å². The molecule has 4 nitrogen and oxygen atoms in total. The molecule has 0 saturated heterocycles. The minimum absolute atomic E-state index is 0.755. The summed E-state index contributed by atoms with van der Waals surface area (Å²) < 4.78 is 9.66. The van der Waals surface area contributed by atoms with Gasteiger partial charge in [-0.05, 0) is 12.1 Å². The maximum absolute atomic E-state index is 4.95. The van der Waals surface area contributed by atoms with Gasteiger partial charge in [-0.2, -0.15) is 9.64 Å². The Kier molecular flexibility index (Phi) is 1.21. The maximum atomic E-state index is 4.95. The van der Waals surface area contributed by atoms with Crippen LogP contribution in [0.1, 0.15) is 0 Å². The van der Waals surface area contributed by atoms with Gasteiger partial charge in [-0.15, -0.1) is 0 Å². The minimum atomic E-state index is 0.755. The number of rotatable bonds is 0. The van der Waals surface area contributed by atoms with Crippen LogP contribution in [-0.2, 0) is 0 Å².